The van der Waals surface area contributed by atoms with Gasteiger partial charge in [-0.25, -0.2) is 0 Å². The van der Waals surface area contributed by atoms with Crippen LogP contribution in [0.4, 0.5) is 5.69 Å². The monoisotopic (exact) mass is 279 g/mol. The Morgan fingerprint density at radius 1 is 1.53 bits per heavy atom. The normalized spacial score (nSPS) is 10.7. The Bertz CT molecular complexity index is 506. The number of aliphatic hydroxyl groups is 1. The summed E-state index contributed by atoms with van der Waals surface area (Å²) in [5.41, 5.74) is 0.520. The average Bonchev–Trinajstić information content (AvgIpc) is 2.39. The van der Waals surface area contributed by atoms with E-state index in [4.69, 9.17) is 22.0 Å². The van der Waals surface area contributed by atoms with Gasteiger partial charge in [0.25, 0.3) is 5.91 Å². The van der Waals surface area contributed by atoms with Gasteiger partial charge < -0.3 is 15.3 Å². The minimum Gasteiger partial charge on any atom is -0.395 e. The molecular formula is C13H14ClN3O2. The molecule has 5 nitrogen and oxygen atoms in total. The van der Waals surface area contributed by atoms with Crippen molar-refractivity contribution in [3.8, 4) is 6.07 Å². The fraction of sp³-hybridized carbons (Fsp3) is 0.231. The summed E-state index contributed by atoms with van der Waals surface area (Å²) in [6.45, 7) is 0.296. The largest absolute Gasteiger partial charge is 0.395 e. The molecule has 0 unspecified atom stereocenters. The Morgan fingerprint density at radius 2 is 2.16 bits per heavy atom. The van der Waals surface area contributed by atoms with Crippen LogP contribution in [0.3, 0.4) is 0 Å². The molecule has 0 aliphatic rings. The third-order valence-electron chi connectivity index (χ3n) is 2.27. The summed E-state index contributed by atoms with van der Waals surface area (Å²) in [6, 6.07) is 8.40. The lowest BCUT2D eigenvalue weighted by atomic mass is 10.2. The Morgan fingerprint density at radius 3 is 2.68 bits per heavy atom. The molecule has 1 aromatic rings. The number of benzene rings is 1. The van der Waals surface area contributed by atoms with E-state index >= 15 is 0 Å². The highest BCUT2D eigenvalue weighted by Gasteiger charge is 2.10. The number of hydrogen-bond acceptors (Lipinski definition) is 4. The maximum atomic E-state index is 11.8. The molecule has 0 spiro atoms. The van der Waals surface area contributed by atoms with Gasteiger partial charge in [0.15, 0.2) is 0 Å². The first-order chi connectivity index (χ1) is 9.06. The van der Waals surface area contributed by atoms with Gasteiger partial charge in [0.2, 0.25) is 0 Å². The lowest BCUT2D eigenvalue weighted by Gasteiger charge is -2.12. The molecule has 0 bridgehead atoms. The van der Waals surface area contributed by atoms with Crippen LogP contribution in [-0.2, 0) is 4.79 Å². The molecular weight excluding hydrogens is 266 g/mol. The second-order valence-corrected chi connectivity index (χ2v) is 4.26. The minimum absolute atomic E-state index is 0.0362. The molecule has 0 atom stereocenters. The van der Waals surface area contributed by atoms with Crippen LogP contribution in [0, 0.1) is 11.3 Å². The second kappa shape index (κ2) is 7.41. The number of anilines is 1. The van der Waals surface area contributed by atoms with Crippen molar-refractivity contribution < 1.29 is 9.90 Å². The fourth-order valence-corrected chi connectivity index (χ4v) is 1.44. The van der Waals surface area contributed by atoms with Crippen LogP contribution >= 0.6 is 11.6 Å². The highest BCUT2D eigenvalue weighted by molar-refractivity contribution is 6.30. The molecule has 0 heterocycles. The topological polar surface area (TPSA) is 76.4 Å². The number of nitriles is 1. The first-order valence-electron chi connectivity index (χ1n) is 5.56. The fourth-order valence-electron chi connectivity index (χ4n) is 1.31. The van der Waals surface area contributed by atoms with Gasteiger partial charge in [0, 0.05) is 30.5 Å². The minimum atomic E-state index is -0.505. The lowest BCUT2D eigenvalue weighted by Crippen LogP contribution is -2.20. The summed E-state index contributed by atoms with van der Waals surface area (Å²) in [5, 5.41) is 20.9. The van der Waals surface area contributed by atoms with E-state index in [9.17, 15) is 4.79 Å². The quantitative estimate of drug-likeness (QED) is 0.634. The molecule has 0 fully saturated rings. The molecule has 1 amide bonds. The van der Waals surface area contributed by atoms with Crippen molar-refractivity contribution in [2.45, 2.75) is 0 Å². The van der Waals surface area contributed by atoms with Gasteiger partial charge in [-0.15, -0.1) is 0 Å². The van der Waals surface area contributed by atoms with E-state index < -0.39 is 5.91 Å². The van der Waals surface area contributed by atoms with Crippen molar-refractivity contribution >= 4 is 23.2 Å². The number of nitrogens with zero attached hydrogens (tertiary/aromatic N) is 2. The maximum absolute atomic E-state index is 11.8. The predicted octanol–water partition coefficient (Wildman–Crippen LogP) is 1.61. The van der Waals surface area contributed by atoms with Crippen LogP contribution in [0.15, 0.2) is 36.0 Å². The van der Waals surface area contributed by atoms with E-state index in [0.717, 1.165) is 0 Å². The summed E-state index contributed by atoms with van der Waals surface area (Å²) in [5.74, 6) is -0.505. The number of aliphatic hydroxyl groups excluding tert-OH is 1. The Labute approximate surface area is 116 Å². The molecule has 19 heavy (non-hydrogen) atoms. The van der Waals surface area contributed by atoms with Crippen molar-refractivity contribution in [1.29, 1.82) is 5.26 Å². The van der Waals surface area contributed by atoms with Gasteiger partial charge in [-0.05, 0) is 24.3 Å². The third-order valence-corrected chi connectivity index (χ3v) is 2.52. The van der Waals surface area contributed by atoms with Crippen LogP contribution in [0.2, 0.25) is 5.02 Å². The molecule has 0 saturated heterocycles. The number of halogens is 1. The summed E-state index contributed by atoms with van der Waals surface area (Å²) in [7, 11) is 1.67. The molecule has 0 saturated carbocycles. The van der Waals surface area contributed by atoms with Gasteiger partial charge in [0.1, 0.15) is 11.6 Å². The first-order valence-corrected chi connectivity index (χ1v) is 5.94. The van der Waals surface area contributed by atoms with E-state index in [1.165, 1.54) is 6.20 Å². The predicted molar refractivity (Wildman–Crippen MR) is 73.5 cm³/mol. The van der Waals surface area contributed by atoms with Crippen molar-refractivity contribution in [2.75, 3.05) is 25.5 Å². The van der Waals surface area contributed by atoms with Crippen LogP contribution in [-0.4, -0.2) is 36.1 Å². The highest BCUT2D eigenvalue weighted by atomic mass is 35.5. The third kappa shape index (κ3) is 5.00. The molecule has 100 valence electrons. The number of carbonyl (C=O) groups is 1. The van der Waals surface area contributed by atoms with E-state index in [1.807, 2.05) is 6.07 Å². The number of rotatable bonds is 5. The van der Waals surface area contributed by atoms with Gasteiger partial charge in [-0.1, -0.05) is 11.6 Å². The van der Waals surface area contributed by atoms with E-state index in [2.05, 4.69) is 5.32 Å². The number of nitrogens with one attached hydrogen (secondary N) is 1. The summed E-state index contributed by atoms with van der Waals surface area (Å²) >= 11 is 5.73. The zero-order valence-electron chi connectivity index (χ0n) is 10.4. The highest BCUT2D eigenvalue weighted by Crippen LogP contribution is 2.14. The van der Waals surface area contributed by atoms with Gasteiger partial charge in [0.05, 0.1) is 6.61 Å². The maximum Gasteiger partial charge on any atom is 0.267 e. The number of likely N-dealkylation sites (N-methyl/N-ethyl adjacent to an activating group) is 1. The van der Waals surface area contributed by atoms with Crippen LogP contribution in [0.1, 0.15) is 0 Å². The Balaban J connectivity index is 2.75. The standard InChI is InChI=1S/C13H14ClN3O2/c1-17(6-7-18)9-10(8-15)13(19)16-12-4-2-11(14)3-5-12/h2-5,9,18H,6-7H2,1H3,(H,16,19)/b10-9-. The van der Waals surface area contributed by atoms with Crippen molar-refractivity contribution in [3.63, 3.8) is 0 Å². The van der Waals surface area contributed by atoms with E-state index in [1.54, 1.807) is 36.2 Å². The Kier molecular flexibility index (Phi) is 5.86. The smallest absolute Gasteiger partial charge is 0.267 e. The summed E-state index contributed by atoms with van der Waals surface area (Å²) in [4.78, 5) is 13.4. The van der Waals surface area contributed by atoms with Crippen LogP contribution in [0.5, 0.6) is 0 Å². The average molecular weight is 280 g/mol. The zero-order chi connectivity index (χ0) is 14.3. The Hall–Kier alpha value is -2.03. The van der Waals surface area contributed by atoms with Crippen LogP contribution < -0.4 is 5.32 Å². The molecule has 0 radical (unpaired) electrons. The van der Waals surface area contributed by atoms with Crippen molar-refractivity contribution in [2.24, 2.45) is 0 Å². The van der Waals surface area contributed by atoms with Crippen molar-refractivity contribution in [3.05, 3.63) is 41.1 Å². The van der Waals surface area contributed by atoms with Crippen molar-refractivity contribution in [1.82, 2.24) is 4.90 Å². The molecule has 0 aliphatic carbocycles. The second-order valence-electron chi connectivity index (χ2n) is 3.82. The zero-order valence-corrected chi connectivity index (χ0v) is 11.2. The number of amides is 1. The molecule has 0 aromatic heterocycles. The molecule has 1 aromatic carbocycles. The summed E-state index contributed by atoms with van der Waals surface area (Å²) in [6.07, 6.45) is 1.39. The van der Waals surface area contributed by atoms with E-state index in [0.29, 0.717) is 17.3 Å². The molecule has 6 heteroatoms. The number of carbonyl (C=O) groups excluding carboxylic acids is 1. The van der Waals surface area contributed by atoms with Gasteiger partial charge >= 0.3 is 0 Å². The lowest BCUT2D eigenvalue weighted by molar-refractivity contribution is -0.112. The van der Waals surface area contributed by atoms with Gasteiger partial charge in [-0.3, -0.25) is 4.79 Å². The SMILES string of the molecule is CN(/C=C(/C#N)C(=O)Nc1ccc(Cl)cc1)CCO. The number of hydrogen-bond donors (Lipinski definition) is 2. The summed E-state index contributed by atoms with van der Waals surface area (Å²) < 4.78 is 0. The van der Waals surface area contributed by atoms with Crippen LogP contribution in [0.25, 0.3) is 0 Å². The van der Waals surface area contributed by atoms with E-state index in [-0.39, 0.29) is 12.2 Å². The molecule has 0 aliphatic heterocycles. The first kappa shape index (κ1) is 15.0. The molecule has 2 N–H and O–H groups in total. The van der Waals surface area contributed by atoms with Gasteiger partial charge in [-0.2, -0.15) is 5.26 Å². The molecule has 1 rings (SSSR count).